The van der Waals surface area contributed by atoms with Gasteiger partial charge in [0.2, 0.25) is 5.91 Å². The van der Waals surface area contributed by atoms with E-state index in [-0.39, 0.29) is 5.91 Å². The molecular weight excluding hydrogens is 282 g/mol. The van der Waals surface area contributed by atoms with Crippen LogP contribution in [0.25, 0.3) is 0 Å². The third-order valence-electron chi connectivity index (χ3n) is 3.41. The molecule has 0 aliphatic heterocycles. The fourth-order valence-electron chi connectivity index (χ4n) is 2.26. The van der Waals surface area contributed by atoms with E-state index in [2.05, 4.69) is 18.3 Å². The van der Waals surface area contributed by atoms with Crippen LogP contribution < -0.4 is 5.32 Å². The largest absolute Gasteiger partial charge is 0.326 e. The number of carbonyl (C=O) groups is 1. The molecule has 1 amide bonds. The number of benzene rings is 2. The van der Waals surface area contributed by atoms with Crippen molar-refractivity contribution in [3.63, 3.8) is 0 Å². The van der Waals surface area contributed by atoms with Gasteiger partial charge in [-0.2, -0.15) is 0 Å². The van der Waals surface area contributed by atoms with Gasteiger partial charge in [0.25, 0.3) is 0 Å². The first-order chi connectivity index (χ1) is 10.1. The van der Waals surface area contributed by atoms with Crippen LogP contribution in [-0.4, -0.2) is 5.91 Å². The van der Waals surface area contributed by atoms with Crippen LogP contribution in [0, 0.1) is 5.92 Å². The standard InChI is InChI=1S/C18H20ClNO/c1-14(10-11-15-6-5-7-16(19)13-15)12-18(21)20-17-8-3-2-4-9-17/h2-9,13-14H,10-12H2,1H3,(H,20,21). The summed E-state index contributed by atoms with van der Waals surface area (Å²) >= 11 is 5.97. The van der Waals surface area contributed by atoms with Crippen LogP contribution in [0.2, 0.25) is 5.02 Å². The zero-order valence-corrected chi connectivity index (χ0v) is 12.9. The van der Waals surface area contributed by atoms with E-state index in [9.17, 15) is 4.79 Å². The lowest BCUT2D eigenvalue weighted by Crippen LogP contribution is -2.15. The van der Waals surface area contributed by atoms with E-state index in [1.807, 2.05) is 48.5 Å². The van der Waals surface area contributed by atoms with Crippen molar-refractivity contribution >= 4 is 23.2 Å². The second-order valence-corrected chi connectivity index (χ2v) is 5.83. The molecular formula is C18H20ClNO. The topological polar surface area (TPSA) is 29.1 Å². The number of rotatable bonds is 6. The Labute approximate surface area is 131 Å². The summed E-state index contributed by atoms with van der Waals surface area (Å²) in [6.45, 7) is 2.11. The maximum absolute atomic E-state index is 12.0. The van der Waals surface area contributed by atoms with Crippen LogP contribution in [0.1, 0.15) is 25.3 Å². The molecule has 0 aliphatic carbocycles. The number of nitrogens with one attached hydrogen (secondary N) is 1. The van der Waals surface area contributed by atoms with Crippen molar-refractivity contribution in [2.24, 2.45) is 5.92 Å². The zero-order chi connectivity index (χ0) is 15.1. The number of para-hydroxylation sites is 1. The maximum Gasteiger partial charge on any atom is 0.224 e. The number of anilines is 1. The minimum absolute atomic E-state index is 0.0693. The van der Waals surface area contributed by atoms with Gasteiger partial charge in [0, 0.05) is 17.1 Å². The zero-order valence-electron chi connectivity index (χ0n) is 12.2. The number of amides is 1. The van der Waals surface area contributed by atoms with Gasteiger partial charge in [-0.05, 0) is 48.6 Å². The second kappa shape index (κ2) is 7.84. The van der Waals surface area contributed by atoms with Gasteiger partial charge in [0.15, 0.2) is 0 Å². The third kappa shape index (κ3) is 5.60. The monoisotopic (exact) mass is 301 g/mol. The molecule has 0 heterocycles. The highest BCUT2D eigenvalue weighted by molar-refractivity contribution is 6.30. The predicted molar refractivity (Wildman–Crippen MR) is 88.6 cm³/mol. The Morgan fingerprint density at radius 3 is 2.62 bits per heavy atom. The van der Waals surface area contributed by atoms with Crippen LogP contribution in [0.15, 0.2) is 54.6 Å². The van der Waals surface area contributed by atoms with Crippen LogP contribution in [0.3, 0.4) is 0 Å². The summed E-state index contributed by atoms with van der Waals surface area (Å²) in [5.74, 6) is 0.410. The normalized spacial score (nSPS) is 11.9. The summed E-state index contributed by atoms with van der Waals surface area (Å²) in [5, 5.41) is 3.69. The summed E-state index contributed by atoms with van der Waals surface area (Å²) in [4.78, 5) is 12.0. The average Bonchev–Trinajstić information content (AvgIpc) is 2.46. The van der Waals surface area contributed by atoms with Gasteiger partial charge < -0.3 is 5.32 Å². The number of carbonyl (C=O) groups excluding carboxylic acids is 1. The predicted octanol–water partition coefficient (Wildman–Crippen LogP) is 4.94. The Morgan fingerprint density at radius 1 is 1.14 bits per heavy atom. The smallest absolute Gasteiger partial charge is 0.224 e. The lowest BCUT2D eigenvalue weighted by atomic mass is 9.98. The van der Waals surface area contributed by atoms with Crippen molar-refractivity contribution in [2.75, 3.05) is 5.32 Å². The fraction of sp³-hybridized carbons (Fsp3) is 0.278. The van der Waals surface area contributed by atoms with Crippen molar-refractivity contribution in [3.8, 4) is 0 Å². The van der Waals surface area contributed by atoms with Crippen molar-refractivity contribution in [1.82, 2.24) is 0 Å². The van der Waals surface area contributed by atoms with Gasteiger partial charge in [-0.3, -0.25) is 4.79 Å². The summed E-state index contributed by atoms with van der Waals surface area (Å²) in [5.41, 5.74) is 2.07. The van der Waals surface area contributed by atoms with Gasteiger partial charge in [-0.25, -0.2) is 0 Å². The summed E-state index contributed by atoms with van der Waals surface area (Å²) in [6.07, 6.45) is 2.46. The minimum Gasteiger partial charge on any atom is -0.326 e. The van der Waals surface area contributed by atoms with Crippen molar-refractivity contribution in [3.05, 3.63) is 65.2 Å². The van der Waals surface area contributed by atoms with Crippen LogP contribution in [0.5, 0.6) is 0 Å². The van der Waals surface area contributed by atoms with E-state index >= 15 is 0 Å². The molecule has 0 aliphatic rings. The van der Waals surface area contributed by atoms with Gasteiger partial charge in [-0.15, -0.1) is 0 Å². The molecule has 3 heteroatoms. The Bertz CT molecular complexity index is 583. The van der Waals surface area contributed by atoms with Gasteiger partial charge in [-0.1, -0.05) is 48.9 Å². The molecule has 0 saturated heterocycles. The average molecular weight is 302 g/mol. The number of aryl methyl sites for hydroxylation is 1. The van der Waals surface area contributed by atoms with E-state index in [0.29, 0.717) is 12.3 Å². The molecule has 2 rings (SSSR count). The fourth-order valence-corrected chi connectivity index (χ4v) is 2.47. The molecule has 0 fully saturated rings. The Morgan fingerprint density at radius 2 is 1.90 bits per heavy atom. The third-order valence-corrected chi connectivity index (χ3v) is 3.64. The van der Waals surface area contributed by atoms with Crippen molar-refractivity contribution < 1.29 is 4.79 Å². The first kappa shape index (κ1) is 15.6. The molecule has 110 valence electrons. The Kier molecular flexibility index (Phi) is 5.82. The molecule has 0 saturated carbocycles. The number of hydrogen-bond donors (Lipinski definition) is 1. The first-order valence-corrected chi connectivity index (χ1v) is 7.60. The maximum atomic E-state index is 12.0. The van der Waals surface area contributed by atoms with E-state index in [1.165, 1.54) is 5.56 Å². The molecule has 0 bridgehead atoms. The molecule has 0 radical (unpaired) electrons. The molecule has 0 spiro atoms. The highest BCUT2D eigenvalue weighted by atomic mass is 35.5. The Hall–Kier alpha value is -1.80. The van der Waals surface area contributed by atoms with Gasteiger partial charge in [0.1, 0.15) is 0 Å². The quantitative estimate of drug-likeness (QED) is 0.804. The number of halogens is 1. The van der Waals surface area contributed by atoms with Gasteiger partial charge >= 0.3 is 0 Å². The summed E-state index contributed by atoms with van der Waals surface area (Å²) in [7, 11) is 0. The van der Waals surface area contributed by atoms with Crippen LogP contribution >= 0.6 is 11.6 Å². The highest BCUT2D eigenvalue weighted by Crippen LogP contribution is 2.17. The van der Waals surface area contributed by atoms with Crippen LogP contribution in [-0.2, 0) is 11.2 Å². The molecule has 2 nitrogen and oxygen atoms in total. The molecule has 2 aromatic rings. The van der Waals surface area contributed by atoms with E-state index < -0.39 is 0 Å². The van der Waals surface area contributed by atoms with Gasteiger partial charge in [0.05, 0.1) is 0 Å². The lowest BCUT2D eigenvalue weighted by molar-refractivity contribution is -0.117. The minimum atomic E-state index is 0.0693. The SMILES string of the molecule is CC(CCc1cccc(Cl)c1)CC(=O)Nc1ccccc1. The van der Waals surface area contributed by atoms with E-state index in [1.54, 1.807) is 0 Å². The first-order valence-electron chi connectivity index (χ1n) is 7.23. The summed E-state index contributed by atoms with van der Waals surface area (Å²) < 4.78 is 0. The van der Waals surface area contributed by atoms with Crippen LogP contribution in [0.4, 0.5) is 5.69 Å². The highest BCUT2D eigenvalue weighted by Gasteiger charge is 2.09. The van der Waals surface area contributed by atoms with Crippen molar-refractivity contribution in [1.29, 1.82) is 0 Å². The molecule has 0 aromatic heterocycles. The molecule has 21 heavy (non-hydrogen) atoms. The molecule has 2 aromatic carbocycles. The molecule has 1 atom stereocenters. The number of hydrogen-bond acceptors (Lipinski definition) is 1. The molecule has 1 N–H and O–H groups in total. The van der Waals surface area contributed by atoms with Crippen molar-refractivity contribution in [2.45, 2.75) is 26.2 Å². The lowest BCUT2D eigenvalue weighted by Gasteiger charge is -2.12. The summed E-state index contributed by atoms with van der Waals surface area (Å²) in [6, 6.07) is 17.5. The second-order valence-electron chi connectivity index (χ2n) is 5.39. The van der Waals surface area contributed by atoms with E-state index in [0.717, 1.165) is 23.6 Å². The van der Waals surface area contributed by atoms with E-state index in [4.69, 9.17) is 11.6 Å². The Balaban J connectivity index is 1.76. The molecule has 1 unspecified atom stereocenters.